The Morgan fingerprint density at radius 1 is 1.43 bits per heavy atom. The molecule has 1 unspecified atom stereocenters. The van der Waals surface area contributed by atoms with E-state index < -0.39 is 0 Å². The zero-order chi connectivity index (χ0) is 15.2. The second-order valence-electron chi connectivity index (χ2n) is 4.99. The van der Waals surface area contributed by atoms with E-state index >= 15 is 0 Å². The van der Waals surface area contributed by atoms with Gasteiger partial charge in [0.05, 0.1) is 16.5 Å². The van der Waals surface area contributed by atoms with Gasteiger partial charge in [0.25, 0.3) is 0 Å². The van der Waals surface area contributed by atoms with Crippen molar-refractivity contribution in [1.29, 1.82) is 5.26 Å². The SMILES string of the molecule is CCCOCCCn1c(C(C)Cl)nc2c(C#N)cccc21. The lowest BCUT2D eigenvalue weighted by atomic mass is 10.2. The van der Waals surface area contributed by atoms with E-state index in [1.165, 1.54) is 0 Å². The number of nitriles is 1. The summed E-state index contributed by atoms with van der Waals surface area (Å²) in [4.78, 5) is 4.57. The van der Waals surface area contributed by atoms with Crippen LogP contribution in [-0.4, -0.2) is 22.8 Å². The van der Waals surface area contributed by atoms with E-state index in [1.54, 1.807) is 6.07 Å². The summed E-state index contributed by atoms with van der Waals surface area (Å²) >= 11 is 6.24. The van der Waals surface area contributed by atoms with E-state index in [0.717, 1.165) is 49.5 Å². The van der Waals surface area contributed by atoms with Gasteiger partial charge in [-0.05, 0) is 31.9 Å². The molecule has 1 aromatic heterocycles. The molecule has 21 heavy (non-hydrogen) atoms. The number of benzene rings is 1. The van der Waals surface area contributed by atoms with Crippen molar-refractivity contribution in [2.45, 2.75) is 38.6 Å². The number of para-hydroxylation sites is 1. The van der Waals surface area contributed by atoms with E-state index in [4.69, 9.17) is 16.3 Å². The van der Waals surface area contributed by atoms with Crippen LogP contribution in [0.2, 0.25) is 0 Å². The minimum atomic E-state index is -0.194. The Balaban J connectivity index is 2.28. The van der Waals surface area contributed by atoms with Crippen molar-refractivity contribution in [3.8, 4) is 6.07 Å². The highest BCUT2D eigenvalue weighted by atomic mass is 35.5. The Hall–Kier alpha value is -1.57. The summed E-state index contributed by atoms with van der Waals surface area (Å²) in [7, 11) is 0. The summed E-state index contributed by atoms with van der Waals surface area (Å²) in [6.45, 7) is 6.31. The molecular formula is C16H20ClN3O. The number of fused-ring (bicyclic) bond motifs is 1. The summed E-state index contributed by atoms with van der Waals surface area (Å²) in [5.41, 5.74) is 2.29. The Morgan fingerprint density at radius 3 is 2.90 bits per heavy atom. The third-order valence-electron chi connectivity index (χ3n) is 3.30. The van der Waals surface area contributed by atoms with E-state index in [0.29, 0.717) is 5.56 Å². The third kappa shape index (κ3) is 3.55. The molecule has 1 aromatic carbocycles. The Labute approximate surface area is 130 Å². The topological polar surface area (TPSA) is 50.8 Å². The fraction of sp³-hybridized carbons (Fsp3) is 0.500. The number of imidazole rings is 1. The molecule has 0 bridgehead atoms. The van der Waals surface area contributed by atoms with Crippen molar-refractivity contribution in [3.63, 3.8) is 0 Å². The van der Waals surface area contributed by atoms with Gasteiger partial charge in [0.2, 0.25) is 0 Å². The molecule has 2 aromatic rings. The lowest BCUT2D eigenvalue weighted by Gasteiger charge is -2.10. The standard InChI is InChI=1S/C16H20ClN3O/c1-3-9-21-10-5-8-20-14-7-4-6-13(11-18)15(14)19-16(20)12(2)17/h4,6-7,12H,3,5,8-10H2,1-2H3. The lowest BCUT2D eigenvalue weighted by molar-refractivity contribution is 0.129. The maximum Gasteiger partial charge on any atom is 0.127 e. The predicted molar refractivity (Wildman–Crippen MR) is 84.4 cm³/mol. The molecule has 0 N–H and O–H groups in total. The molecule has 0 amide bonds. The molecule has 1 atom stereocenters. The number of nitrogens with zero attached hydrogens (tertiary/aromatic N) is 3. The van der Waals surface area contributed by atoms with E-state index in [9.17, 15) is 5.26 Å². The fourth-order valence-corrected chi connectivity index (χ4v) is 2.53. The molecular weight excluding hydrogens is 286 g/mol. The van der Waals surface area contributed by atoms with Gasteiger partial charge >= 0.3 is 0 Å². The molecule has 0 spiro atoms. The van der Waals surface area contributed by atoms with Gasteiger partial charge in [0.15, 0.2) is 0 Å². The highest BCUT2D eigenvalue weighted by Crippen LogP contribution is 2.26. The van der Waals surface area contributed by atoms with Gasteiger partial charge < -0.3 is 9.30 Å². The van der Waals surface area contributed by atoms with Gasteiger partial charge in [-0.2, -0.15) is 5.26 Å². The first-order valence-electron chi connectivity index (χ1n) is 7.30. The van der Waals surface area contributed by atoms with Crippen LogP contribution < -0.4 is 0 Å². The van der Waals surface area contributed by atoms with Gasteiger partial charge in [-0.15, -0.1) is 11.6 Å². The molecule has 4 nitrogen and oxygen atoms in total. The number of hydrogen-bond acceptors (Lipinski definition) is 3. The molecule has 0 aliphatic carbocycles. The first kappa shape index (κ1) is 15.8. The molecule has 0 radical (unpaired) electrons. The maximum atomic E-state index is 9.20. The number of halogens is 1. The zero-order valence-corrected chi connectivity index (χ0v) is 13.2. The van der Waals surface area contributed by atoms with Crippen LogP contribution >= 0.6 is 11.6 Å². The van der Waals surface area contributed by atoms with Gasteiger partial charge in [0.1, 0.15) is 17.4 Å². The van der Waals surface area contributed by atoms with Gasteiger partial charge in [-0.25, -0.2) is 4.98 Å². The summed E-state index contributed by atoms with van der Waals surface area (Å²) in [5, 5.41) is 9.00. The van der Waals surface area contributed by atoms with Crippen LogP contribution in [0.5, 0.6) is 0 Å². The summed E-state index contributed by atoms with van der Waals surface area (Å²) in [5.74, 6) is 0.810. The molecule has 5 heteroatoms. The zero-order valence-electron chi connectivity index (χ0n) is 12.5. The summed E-state index contributed by atoms with van der Waals surface area (Å²) < 4.78 is 7.62. The number of alkyl halides is 1. The van der Waals surface area contributed by atoms with Crippen LogP contribution in [0, 0.1) is 11.3 Å². The van der Waals surface area contributed by atoms with Crippen LogP contribution in [0.1, 0.15) is 43.5 Å². The van der Waals surface area contributed by atoms with Crippen molar-refractivity contribution in [1.82, 2.24) is 9.55 Å². The predicted octanol–water partition coefficient (Wildman–Crippen LogP) is 4.02. The normalized spacial score (nSPS) is 12.5. The second kappa shape index (κ2) is 7.44. The third-order valence-corrected chi connectivity index (χ3v) is 3.50. The van der Waals surface area contributed by atoms with Crippen LogP contribution in [0.3, 0.4) is 0 Å². The van der Waals surface area contributed by atoms with E-state index in [-0.39, 0.29) is 5.38 Å². The lowest BCUT2D eigenvalue weighted by Crippen LogP contribution is -2.07. The molecule has 0 aliphatic heterocycles. The molecule has 0 saturated heterocycles. The van der Waals surface area contributed by atoms with Crippen LogP contribution in [0.15, 0.2) is 18.2 Å². The molecule has 0 aliphatic rings. The molecule has 0 fully saturated rings. The highest BCUT2D eigenvalue weighted by molar-refractivity contribution is 6.20. The van der Waals surface area contributed by atoms with Crippen molar-refractivity contribution >= 4 is 22.6 Å². The summed E-state index contributed by atoms with van der Waals surface area (Å²) in [6, 6.07) is 7.84. The first-order valence-corrected chi connectivity index (χ1v) is 7.73. The number of ether oxygens (including phenoxy) is 1. The molecule has 0 saturated carbocycles. The Kier molecular flexibility index (Phi) is 5.60. The van der Waals surface area contributed by atoms with Crippen molar-refractivity contribution in [2.24, 2.45) is 0 Å². The van der Waals surface area contributed by atoms with Gasteiger partial charge in [-0.3, -0.25) is 0 Å². The van der Waals surface area contributed by atoms with Crippen LogP contribution in [-0.2, 0) is 11.3 Å². The second-order valence-corrected chi connectivity index (χ2v) is 5.64. The fourth-order valence-electron chi connectivity index (χ4n) is 2.36. The molecule has 2 rings (SSSR count). The largest absolute Gasteiger partial charge is 0.381 e. The Bertz CT molecular complexity index is 643. The molecule has 1 heterocycles. The van der Waals surface area contributed by atoms with Crippen LogP contribution in [0.25, 0.3) is 11.0 Å². The van der Waals surface area contributed by atoms with Crippen molar-refractivity contribution < 1.29 is 4.74 Å². The minimum absolute atomic E-state index is 0.194. The van der Waals surface area contributed by atoms with Crippen molar-refractivity contribution in [2.75, 3.05) is 13.2 Å². The van der Waals surface area contributed by atoms with Gasteiger partial charge in [0, 0.05) is 19.8 Å². The van der Waals surface area contributed by atoms with E-state index in [2.05, 4.69) is 22.5 Å². The smallest absolute Gasteiger partial charge is 0.127 e. The number of aromatic nitrogens is 2. The van der Waals surface area contributed by atoms with E-state index in [1.807, 2.05) is 19.1 Å². The average Bonchev–Trinajstić information content (AvgIpc) is 2.86. The number of hydrogen-bond donors (Lipinski definition) is 0. The number of aryl methyl sites for hydroxylation is 1. The summed E-state index contributed by atoms with van der Waals surface area (Å²) in [6.07, 6.45) is 1.93. The monoisotopic (exact) mass is 305 g/mol. The maximum absolute atomic E-state index is 9.20. The highest BCUT2D eigenvalue weighted by Gasteiger charge is 2.16. The van der Waals surface area contributed by atoms with Crippen molar-refractivity contribution in [3.05, 3.63) is 29.6 Å². The minimum Gasteiger partial charge on any atom is -0.381 e. The van der Waals surface area contributed by atoms with Gasteiger partial charge in [-0.1, -0.05) is 13.0 Å². The number of rotatable bonds is 7. The quantitative estimate of drug-likeness (QED) is 0.573. The Morgan fingerprint density at radius 2 is 2.24 bits per heavy atom. The first-order chi connectivity index (χ1) is 10.2. The van der Waals surface area contributed by atoms with Crippen LogP contribution in [0.4, 0.5) is 0 Å². The molecule has 112 valence electrons. The average molecular weight is 306 g/mol.